The van der Waals surface area contributed by atoms with Crippen LogP contribution in [0.15, 0.2) is 58.5 Å². The summed E-state index contributed by atoms with van der Waals surface area (Å²) in [6.07, 6.45) is 31.3. The molecule has 0 aromatic heterocycles. The van der Waals surface area contributed by atoms with Crippen LogP contribution in [0.3, 0.4) is 0 Å². The van der Waals surface area contributed by atoms with Crippen LogP contribution in [0.1, 0.15) is 216 Å². The first-order chi connectivity index (χ1) is 32.8. The smallest absolute Gasteiger partial charge is 0.181 e. The third-order valence-electron chi connectivity index (χ3n) is 22.8. The average molecular weight is 974 g/mol. The monoisotopic (exact) mass is 973 g/mol. The molecule has 69 heavy (non-hydrogen) atoms. The van der Waals surface area contributed by atoms with E-state index in [-0.39, 0.29) is 11.5 Å². The van der Waals surface area contributed by atoms with Gasteiger partial charge in [0.15, 0.2) is 9.84 Å². The average Bonchev–Trinajstić information content (AvgIpc) is 3.90. The van der Waals surface area contributed by atoms with Crippen molar-refractivity contribution in [2.24, 2.45) is 81.8 Å². The Balaban J connectivity index is 0.000000192. The van der Waals surface area contributed by atoms with Gasteiger partial charge in [0.2, 0.25) is 0 Å². The summed E-state index contributed by atoms with van der Waals surface area (Å²) in [5.41, 5.74) is 3.05. The predicted molar refractivity (Wildman–Crippen MR) is 283 cm³/mol. The first-order valence-corrected chi connectivity index (χ1v) is 30.9. The van der Waals surface area contributed by atoms with E-state index < -0.39 is 32.4 Å². The highest BCUT2D eigenvalue weighted by Crippen LogP contribution is 2.67. The summed E-state index contributed by atoms with van der Waals surface area (Å²) >= 11 is 0. The first-order valence-electron chi connectivity index (χ1n) is 29.3. The highest BCUT2D eigenvalue weighted by molar-refractivity contribution is 7.92. The molecule has 8 aliphatic rings. The maximum atomic E-state index is 13.8. The third-order valence-corrected chi connectivity index (χ3v) is 25.0. The molecule has 0 radical (unpaired) electrons. The van der Waals surface area contributed by atoms with E-state index in [9.17, 15) is 28.8 Å². The van der Waals surface area contributed by atoms with Gasteiger partial charge in [-0.05, 0) is 242 Å². The van der Waals surface area contributed by atoms with E-state index in [1.54, 1.807) is 35.4 Å². The molecule has 1 unspecified atom stereocenters. The van der Waals surface area contributed by atoms with Crippen LogP contribution in [-0.4, -0.2) is 57.5 Å². The highest BCUT2D eigenvalue weighted by atomic mass is 32.2. The lowest BCUT2D eigenvalue weighted by molar-refractivity contribution is -0.0461. The Morgan fingerprint density at radius 2 is 1.09 bits per heavy atom. The van der Waals surface area contributed by atoms with Crippen LogP contribution in [0.5, 0.6) is 0 Å². The van der Waals surface area contributed by atoms with Crippen LogP contribution in [0.2, 0.25) is 0 Å². The van der Waals surface area contributed by atoms with Gasteiger partial charge >= 0.3 is 0 Å². The minimum atomic E-state index is -3.51. The van der Waals surface area contributed by atoms with E-state index in [2.05, 4.69) is 60.6 Å². The fourth-order valence-corrected chi connectivity index (χ4v) is 20.5. The summed E-state index contributed by atoms with van der Waals surface area (Å²) < 4.78 is 27.5. The standard InChI is InChI=1S/C34H52O4S.C28H48O2/c1-5-25(35)21-27(39(37,38)26-10-8-7-9-11-26)20-23(3)31-14-15-32-30-13-12-24-22-34(36,6-2)19-17-28(24)29(30)16-18-33(31,32)4;1-5-21(29)9-7-8-19(3)25-12-13-26-24-11-10-20-18-28(30,6-2)17-15-22(20)23(24)14-16-27(25,26)4/h7-12,23,25,27-32,35-36H,5-6,13-22H2,1-4H3;10,19,21-26,29-30H,5-9,11-18H2,1-4H3/t23-,25-,27?,28+,29-,30-,31-,32+,33-,34+;19-,21-,22+,23-,24-,25-,26+,27-,28+/m11/s1. The second-order valence-corrected chi connectivity index (χ2v) is 28.3. The Morgan fingerprint density at radius 3 is 1.57 bits per heavy atom. The lowest BCUT2D eigenvalue weighted by Crippen LogP contribution is -2.48. The molecule has 6 nitrogen and oxygen atoms in total. The number of hydrogen-bond donors (Lipinski definition) is 4. The minimum Gasteiger partial charge on any atom is -0.393 e. The maximum absolute atomic E-state index is 13.8. The topological polar surface area (TPSA) is 115 Å². The van der Waals surface area contributed by atoms with Crippen molar-refractivity contribution >= 4 is 9.84 Å². The molecule has 7 heteroatoms. The molecule has 1 aromatic rings. The third kappa shape index (κ3) is 10.7. The molecule has 4 N–H and O–H groups in total. The number of rotatable bonds is 16. The van der Waals surface area contributed by atoms with E-state index in [4.69, 9.17) is 0 Å². The molecule has 0 amide bonds. The summed E-state index contributed by atoms with van der Waals surface area (Å²) in [5.74, 6) is 8.81. The molecule has 0 saturated heterocycles. The van der Waals surface area contributed by atoms with Crippen molar-refractivity contribution in [2.45, 2.75) is 249 Å². The highest BCUT2D eigenvalue weighted by Gasteiger charge is 2.59. The van der Waals surface area contributed by atoms with E-state index in [1.807, 2.05) is 13.0 Å². The van der Waals surface area contributed by atoms with Gasteiger partial charge in [-0.2, -0.15) is 0 Å². The predicted octanol–water partition coefficient (Wildman–Crippen LogP) is 14.2. The van der Waals surface area contributed by atoms with Gasteiger partial charge in [-0.3, -0.25) is 0 Å². The molecule has 1 aromatic carbocycles. The lowest BCUT2D eigenvalue weighted by atomic mass is 9.50. The molecular weight excluding hydrogens is 873 g/mol. The van der Waals surface area contributed by atoms with Gasteiger partial charge in [-0.15, -0.1) is 0 Å². The number of sulfone groups is 1. The van der Waals surface area contributed by atoms with Crippen molar-refractivity contribution in [3.63, 3.8) is 0 Å². The molecular formula is C62H100O6S. The van der Waals surface area contributed by atoms with Crippen LogP contribution < -0.4 is 0 Å². The van der Waals surface area contributed by atoms with Crippen molar-refractivity contribution in [2.75, 3.05) is 0 Å². The fraction of sp³-hybridized carbons (Fsp3) is 0.839. The molecule has 0 spiro atoms. The summed E-state index contributed by atoms with van der Waals surface area (Å²) in [6, 6.07) is 8.86. The van der Waals surface area contributed by atoms with Gasteiger partial charge in [-0.1, -0.05) is 110 Å². The quantitative estimate of drug-likeness (QED) is 0.123. The van der Waals surface area contributed by atoms with Crippen molar-refractivity contribution in [3.05, 3.63) is 53.6 Å². The number of aliphatic hydroxyl groups is 4. The van der Waals surface area contributed by atoms with Gasteiger partial charge in [0.05, 0.1) is 33.6 Å². The zero-order chi connectivity index (χ0) is 49.5. The Morgan fingerprint density at radius 1 is 0.594 bits per heavy atom. The zero-order valence-electron chi connectivity index (χ0n) is 44.9. The van der Waals surface area contributed by atoms with Crippen LogP contribution in [0.4, 0.5) is 0 Å². The Kier molecular flexibility index (Phi) is 17.0. The van der Waals surface area contributed by atoms with Gasteiger partial charge in [0, 0.05) is 0 Å². The Labute approximate surface area is 421 Å². The van der Waals surface area contributed by atoms with Crippen molar-refractivity contribution in [1.29, 1.82) is 0 Å². The molecule has 19 atom stereocenters. The van der Waals surface area contributed by atoms with E-state index in [0.717, 1.165) is 112 Å². The lowest BCUT2D eigenvalue weighted by Gasteiger charge is -2.55. The van der Waals surface area contributed by atoms with Gasteiger partial charge in [0.25, 0.3) is 0 Å². The largest absolute Gasteiger partial charge is 0.393 e. The number of allylic oxidation sites excluding steroid dienone is 2. The first kappa shape index (κ1) is 53.8. The van der Waals surface area contributed by atoms with E-state index in [1.165, 1.54) is 77.0 Å². The Bertz CT molecular complexity index is 2030. The number of hydrogen-bond acceptors (Lipinski definition) is 6. The van der Waals surface area contributed by atoms with Crippen LogP contribution in [0, 0.1) is 81.8 Å². The number of aliphatic hydroxyl groups excluding tert-OH is 2. The minimum absolute atomic E-state index is 0.0939. The molecule has 390 valence electrons. The number of benzene rings is 1. The summed E-state index contributed by atoms with van der Waals surface area (Å²) in [7, 11) is -3.51. The van der Waals surface area contributed by atoms with Crippen molar-refractivity contribution in [1.82, 2.24) is 0 Å². The van der Waals surface area contributed by atoms with Crippen LogP contribution in [0.25, 0.3) is 0 Å². The molecule has 6 saturated carbocycles. The summed E-state index contributed by atoms with van der Waals surface area (Å²) in [4.78, 5) is 0.383. The normalized spacial score (nSPS) is 41.4. The molecule has 0 bridgehead atoms. The van der Waals surface area contributed by atoms with Crippen molar-refractivity contribution < 1.29 is 28.8 Å². The molecule has 0 heterocycles. The molecule has 8 aliphatic carbocycles. The Hall–Kier alpha value is -1.51. The summed E-state index contributed by atoms with van der Waals surface area (Å²) in [5, 5.41) is 41.8. The zero-order valence-corrected chi connectivity index (χ0v) is 45.7. The van der Waals surface area contributed by atoms with E-state index in [0.29, 0.717) is 53.2 Å². The second-order valence-electron chi connectivity index (χ2n) is 26.1. The molecule has 9 rings (SSSR count). The fourth-order valence-electron chi connectivity index (χ4n) is 18.6. The van der Waals surface area contributed by atoms with Gasteiger partial charge < -0.3 is 20.4 Å². The summed E-state index contributed by atoms with van der Waals surface area (Å²) in [6.45, 7) is 18.3. The van der Waals surface area contributed by atoms with Crippen LogP contribution in [-0.2, 0) is 9.84 Å². The molecule has 0 aliphatic heterocycles. The SMILES string of the molecule is CC[C@@H](O)CC(C[C@@H](C)[C@H]1CC[C@H]2[C@@H]3CC=C4C[C@](O)(CC)CC[C@@H]4[C@H]3CC[C@]12C)S(=O)(=O)c1ccccc1.CC[C@@H](O)CCC[C@@H](C)[C@H]1CC[C@H]2[C@@H]3CC=C4C[C@](O)(CC)CC[C@@H]4[C@H]3CC[C@]12C. The maximum Gasteiger partial charge on any atom is 0.181 e. The van der Waals surface area contributed by atoms with Crippen LogP contribution >= 0.6 is 0 Å². The molecule has 6 fully saturated rings. The van der Waals surface area contributed by atoms with E-state index >= 15 is 0 Å². The van der Waals surface area contributed by atoms with Gasteiger partial charge in [0.1, 0.15) is 0 Å². The number of fused-ring (bicyclic) bond motifs is 10. The second kappa shape index (κ2) is 21.8. The van der Waals surface area contributed by atoms with Gasteiger partial charge in [-0.25, -0.2) is 8.42 Å². The van der Waals surface area contributed by atoms with Crippen molar-refractivity contribution in [3.8, 4) is 0 Å².